The molecule has 1 aromatic carbocycles. The Balaban J connectivity index is 3.11. The third-order valence-corrected chi connectivity index (χ3v) is 2.96. The van der Waals surface area contributed by atoms with Gasteiger partial charge >= 0.3 is 0 Å². The minimum Gasteiger partial charge on any atom is -0.369 e. The van der Waals surface area contributed by atoms with Crippen LogP contribution in [0.4, 0.5) is 5.69 Å². The second-order valence-corrected chi connectivity index (χ2v) is 4.03. The van der Waals surface area contributed by atoms with Crippen molar-refractivity contribution in [3.63, 3.8) is 0 Å². The summed E-state index contributed by atoms with van der Waals surface area (Å²) < 4.78 is 0. The van der Waals surface area contributed by atoms with Crippen molar-refractivity contribution in [2.75, 3.05) is 19.0 Å². The summed E-state index contributed by atoms with van der Waals surface area (Å²) in [7, 11) is 3.44. The molecular weight excluding hydrogens is 226 g/mol. The zero-order chi connectivity index (χ0) is 13.7. The van der Waals surface area contributed by atoms with Crippen molar-refractivity contribution < 1.29 is 0 Å². The van der Waals surface area contributed by atoms with E-state index in [2.05, 4.69) is 29.9 Å². The van der Waals surface area contributed by atoms with Crippen molar-refractivity contribution in [2.24, 2.45) is 21.5 Å². The summed E-state index contributed by atoms with van der Waals surface area (Å²) in [5.74, 6) is 0.498. The van der Waals surface area contributed by atoms with Crippen LogP contribution in [0.1, 0.15) is 18.1 Å². The molecule has 0 atom stereocenters. The van der Waals surface area contributed by atoms with Crippen LogP contribution in [0.15, 0.2) is 28.2 Å². The lowest BCUT2D eigenvalue weighted by molar-refractivity contribution is 1.09. The molecular formula is C13H21N5. The summed E-state index contributed by atoms with van der Waals surface area (Å²) in [5.41, 5.74) is 15.0. The third-order valence-electron chi connectivity index (χ3n) is 2.96. The van der Waals surface area contributed by atoms with E-state index in [1.807, 2.05) is 24.1 Å². The summed E-state index contributed by atoms with van der Waals surface area (Å²) >= 11 is 0. The monoisotopic (exact) mass is 247 g/mol. The number of anilines is 1. The lowest BCUT2D eigenvalue weighted by atomic mass is 10.0. The van der Waals surface area contributed by atoms with E-state index in [0.29, 0.717) is 5.96 Å². The van der Waals surface area contributed by atoms with E-state index in [1.165, 1.54) is 11.1 Å². The fraction of sp³-hybridized carbons (Fsp3) is 0.385. The number of aryl methyl sites for hydroxylation is 1. The Morgan fingerprint density at radius 2 is 2.00 bits per heavy atom. The topological polar surface area (TPSA) is 80.0 Å². The van der Waals surface area contributed by atoms with Gasteiger partial charge in [-0.05, 0) is 30.5 Å². The van der Waals surface area contributed by atoms with Gasteiger partial charge in [0.2, 0.25) is 11.9 Å². The Bertz CT molecular complexity index is 476. The zero-order valence-corrected chi connectivity index (χ0v) is 11.4. The molecule has 1 aromatic rings. The molecule has 4 N–H and O–H groups in total. The average molecular weight is 247 g/mol. The normalized spacial score (nSPS) is 12.7. The van der Waals surface area contributed by atoms with Crippen LogP contribution in [-0.4, -0.2) is 26.0 Å². The van der Waals surface area contributed by atoms with Gasteiger partial charge in [-0.25, -0.2) is 0 Å². The molecule has 0 aliphatic heterocycles. The lowest BCUT2D eigenvalue weighted by Crippen LogP contribution is -2.36. The lowest BCUT2D eigenvalue weighted by Gasteiger charge is -2.21. The van der Waals surface area contributed by atoms with Crippen LogP contribution in [0.25, 0.3) is 0 Å². The SMILES string of the molecule is CCc1cccc(N(C)/C(N)=N/C(N)=NC)c1C. The third kappa shape index (κ3) is 3.00. The molecule has 0 spiro atoms. The molecule has 0 aromatic heterocycles. The van der Waals surface area contributed by atoms with E-state index < -0.39 is 0 Å². The van der Waals surface area contributed by atoms with E-state index in [-0.39, 0.29) is 5.96 Å². The Morgan fingerprint density at radius 1 is 1.33 bits per heavy atom. The minimum absolute atomic E-state index is 0.170. The number of guanidine groups is 2. The Morgan fingerprint density at radius 3 is 2.56 bits per heavy atom. The van der Waals surface area contributed by atoms with Gasteiger partial charge in [0.25, 0.3) is 0 Å². The van der Waals surface area contributed by atoms with Crippen molar-refractivity contribution in [3.05, 3.63) is 29.3 Å². The number of benzene rings is 1. The molecule has 0 heterocycles. The Labute approximate surface area is 108 Å². The highest BCUT2D eigenvalue weighted by atomic mass is 15.3. The molecule has 98 valence electrons. The van der Waals surface area contributed by atoms with Gasteiger partial charge in [0.15, 0.2) is 0 Å². The number of hydrogen-bond donors (Lipinski definition) is 2. The van der Waals surface area contributed by atoms with Gasteiger partial charge < -0.3 is 16.4 Å². The van der Waals surface area contributed by atoms with Crippen molar-refractivity contribution in [2.45, 2.75) is 20.3 Å². The molecule has 0 aliphatic rings. The average Bonchev–Trinajstić information content (AvgIpc) is 2.38. The predicted molar refractivity (Wildman–Crippen MR) is 78.1 cm³/mol. The Kier molecular flexibility index (Phi) is 4.71. The van der Waals surface area contributed by atoms with E-state index in [4.69, 9.17) is 11.5 Å². The van der Waals surface area contributed by atoms with Crippen molar-refractivity contribution in [1.82, 2.24) is 0 Å². The Hall–Kier alpha value is -2.04. The maximum Gasteiger partial charge on any atom is 0.218 e. The van der Waals surface area contributed by atoms with Crippen molar-refractivity contribution in [3.8, 4) is 0 Å². The molecule has 5 heteroatoms. The first-order valence-electron chi connectivity index (χ1n) is 5.89. The molecule has 18 heavy (non-hydrogen) atoms. The molecule has 5 nitrogen and oxygen atoms in total. The van der Waals surface area contributed by atoms with E-state index in [9.17, 15) is 0 Å². The van der Waals surface area contributed by atoms with Crippen LogP contribution >= 0.6 is 0 Å². The van der Waals surface area contributed by atoms with Gasteiger partial charge in [-0.3, -0.25) is 4.99 Å². The first-order valence-corrected chi connectivity index (χ1v) is 5.89. The van der Waals surface area contributed by atoms with E-state index >= 15 is 0 Å². The molecule has 0 aliphatic carbocycles. The standard InChI is InChI=1S/C13H21N5/c1-5-10-7-6-8-11(9(10)2)18(4)13(15)17-12(14)16-3/h6-8H,5H2,1-4H3,(H4,14,15,16,17). The summed E-state index contributed by atoms with van der Waals surface area (Å²) in [6, 6.07) is 6.14. The second kappa shape index (κ2) is 6.05. The maximum absolute atomic E-state index is 5.90. The summed E-state index contributed by atoms with van der Waals surface area (Å²) in [4.78, 5) is 9.59. The fourth-order valence-corrected chi connectivity index (χ4v) is 1.78. The molecule has 0 amide bonds. The number of aliphatic imine (C=N–C) groups is 2. The van der Waals surface area contributed by atoms with Gasteiger partial charge in [-0.1, -0.05) is 19.1 Å². The molecule has 0 unspecified atom stereocenters. The predicted octanol–water partition coefficient (Wildman–Crippen LogP) is 1.25. The van der Waals surface area contributed by atoms with E-state index in [0.717, 1.165) is 12.1 Å². The van der Waals surface area contributed by atoms with Crippen LogP contribution in [0, 0.1) is 6.92 Å². The number of rotatable bonds is 2. The minimum atomic E-state index is 0.170. The molecule has 0 radical (unpaired) electrons. The summed E-state index contributed by atoms with van der Waals surface area (Å²) in [6.45, 7) is 4.21. The fourth-order valence-electron chi connectivity index (χ4n) is 1.78. The maximum atomic E-state index is 5.90. The van der Waals surface area contributed by atoms with Gasteiger partial charge in [0.05, 0.1) is 0 Å². The molecule has 0 fully saturated rings. The molecule has 0 saturated heterocycles. The van der Waals surface area contributed by atoms with Crippen LogP contribution < -0.4 is 16.4 Å². The molecule has 1 rings (SSSR count). The first-order chi connectivity index (χ1) is 8.51. The number of nitrogens with zero attached hydrogens (tertiary/aromatic N) is 3. The van der Waals surface area contributed by atoms with Crippen LogP contribution in [-0.2, 0) is 6.42 Å². The molecule has 0 saturated carbocycles. The van der Waals surface area contributed by atoms with Gasteiger partial charge in [0, 0.05) is 19.8 Å². The van der Waals surface area contributed by atoms with Crippen LogP contribution in [0.5, 0.6) is 0 Å². The van der Waals surface area contributed by atoms with Crippen molar-refractivity contribution in [1.29, 1.82) is 0 Å². The van der Waals surface area contributed by atoms with Gasteiger partial charge in [0.1, 0.15) is 0 Å². The van der Waals surface area contributed by atoms with Crippen LogP contribution in [0.2, 0.25) is 0 Å². The second-order valence-electron chi connectivity index (χ2n) is 4.03. The summed E-state index contributed by atoms with van der Waals surface area (Å²) in [6.07, 6.45) is 0.989. The van der Waals surface area contributed by atoms with Gasteiger partial charge in [-0.2, -0.15) is 4.99 Å². The largest absolute Gasteiger partial charge is 0.369 e. The highest BCUT2D eigenvalue weighted by molar-refractivity contribution is 6.02. The van der Waals surface area contributed by atoms with Gasteiger partial charge in [-0.15, -0.1) is 0 Å². The first kappa shape index (κ1) is 14.0. The van der Waals surface area contributed by atoms with Crippen molar-refractivity contribution >= 4 is 17.6 Å². The number of nitrogens with two attached hydrogens (primary N) is 2. The summed E-state index contributed by atoms with van der Waals surface area (Å²) in [5, 5.41) is 0. The zero-order valence-electron chi connectivity index (χ0n) is 11.4. The highest BCUT2D eigenvalue weighted by Crippen LogP contribution is 2.22. The molecule has 0 bridgehead atoms. The quantitative estimate of drug-likeness (QED) is 0.609. The highest BCUT2D eigenvalue weighted by Gasteiger charge is 2.10. The smallest absolute Gasteiger partial charge is 0.218 e. The number of hydrogen-bond acceptors (Lipinski definition) is 1. The van der Waals surface area contributed by atoms with Crippen LogP contribution in [0.3, 0.4) is 0 Å². The van der Waals surface area contributed by atoms with E-state index in [1.54, 1.807) is 7.05 Å².